The van der Waals surface area contributed by atoms with Crippen molar-refractivity contribution in [2.45, 2.75) is 98.4 Å². The predicted octanol–water partition coefficient (Wildman–Crippen LogP) is 6.08. The fourth-order valence-corrected chi connectivity index (χ4v) is 3.72. The van der Waals surface area contributed by atoms with Crippen LogP contribution in [0.5, 0.6) is 0 Å². The van der Waals surface area contributed by atoms with Gasteiger partial charge in [-0.2, -0.15) is 0 Å². The van der Waals surface area contributed by atoms with Crippen molar-refractivity contribution in [3.05, 3.63) is 46.3 Å². The molecule has 0 aromatic heterocycles. The lowest BCUT2D eigenvalue weighted by Crippen LogP contribution is -2.50. The minimum Gasteiger partial charge on any atom is -0.425 e. The van der Waals surface area contributed by atoms with E-state index in [1.54, 1.807) is 24.3 Å². The van der Waals surface area contributed by atoms with Gasteiger partial charge in [0.2, 0.25) is 5.91 Å². The summed E-state index contributed by atoms with van der Waals surface area (Å²) in [6.07, 6.45) is 19.5. The van der Waals surface area contributed by atoms with Crippen molar-refractivity contribution in [1.82, 2.24) is 5.32 Å². The molecule has 0 rings (SSSR count). The van der Waals surface area contributed by atoms with Gasteiger partial charge in [-0.15, -0.1) is 10.1 Å². The maximum atomic E-state index is 12.9. The summed E-state index contributed by atoms with van der Waals surface area (Å²) in [7, 11) is 0. The molecular weight excluding hydrogens is 496 g/mol. The van der Waals surface area contributed by atoms with Gasteiger partial charge >= 0.3 is 5.97 Å². The fourth-order valence-electron chi connectivity index (χ4n) is 3.10. The highest BCUT2D eigenvalue weighted by atomic mass is 32.2. The Morgan fingerprint density at radius 3 is 2.27 bits per heavy atom. The van der Waals surface area contributed by atoms with Gasteiger partial charge in [-0.05, 0) is 45.8 Å². The van der Waals surface area contributed by atoms with Crippen molar-refractivity contribution in [3.8, 4) is 0 Å². The molecule has 0 spiro atoms. The summed E-state index contributed by atoms with van der Waals surface area (Å²) in [5.41, 5.74) is -1.29. The standard InChI is InChI=1S/C27H44N2O7S/c1-6-8-10-11-12-13-14-15-16-17-19-23(18-9-7-2)36-25(31)24(20-37-22(3)30)28-26(32)27(4,5)21-35-29(33)34/h7,9,17-19,24H,6,8,10-16,20-21H2,1-5H3,(H,28,32)/b9-7+,19-17+,23-18-. The van der Waals surface area contributed by atoms with Crippen LogP contribution in [0.2, 0.25) is 0 Å². The number of allylic oxidation sites excluding steroid dienone is 5. The van der Waals surface area contributed by atoms with Crippen LogP contribution in [0, 0.1) is 15.5 Å². The number of hydrogen-bond acceptors (Lipinski definition) is 8. The van der Waals surface area contributed by atoms with Crippen molar-refractivity contribution < 1.29 is 29.0 Å². The van der Waals surface area contributed by atoms with Crippen molar-refractivity contribution in [3.63, 3.8) is 0 Å². The number of amides is 1. The monoisotopic (exact) mass is 540 g/mol. The Kier molecular flexibility index (Phi) is 19.0. The summed E-state index contributed by atoms with van der Waals surface area (Å²) < 4.78 is 5.55. The van der Waals surface area contributed by atoms with E-state index in [2.05, 4.69) is 17.1 Å². The van der Waals surface area contributed by atoms with E-state index >= 15 is 0 Å². The lowest BCUT2D eigenvalue weighted by molar-refractivity contribution is -0.760. The van der Waals surface area contributed by atoms with Crippen LogP contribution in [0.3, 0.4) is 0 Å². The molecule has 0 bridgehead atoms. The molecule has 0 radical (unpaired) electrons. The van der Waals surface area contributed by atoms with E-state index in [4.69, 9.17) is 4.74 Å². The van der Waals surface area contributed by atoms with Gasteiger partial charge in [0.15, 0.2) is 5.12 Å². The normalized spacial score (nSPS) is 13.1. The minimum atomic E-state index is -1.29. The number of hydrogen-bond donors (Lipinski definition) is 1. The van der Waals surface area contributed by atoms with Crippen LogP contribution < -0.4 is 5.32 Å². The Morgan fingerprint density at radius 2 is 1.70 bits per heavy atom. The zero-order valence-corrected chi connectivity index (χ0v) is 23.8. The first-order valence-electron chi connectivity index (χ1n) is 13.0. The Balaban J connectivity index is 5.08. The average Bonchev–Trinajstić information content (AvgIpc) is 2.84. The van der Waals surface area contributed by atoms with E-state index in [-0.39, 0.29) is 10.9 Å². The molecule has 0 fully saturated rings. The van der Waals surface area contributed by atoms with Gasteiger partial charge < -0.3 is 14.9 Å². The van der Waals surface area contributed by atoms with Crippen LogP contribution in [0.15, 0.2) is 36.1 Å². The van der Waals surface area contributed by atoms with Gasteiger partial charge in [0.1, 0.15) is 18.4 Å². The molecule has 1 atom stereocenters. The summed E-state index contributed by atoms with van der Waals surface area (Å²) in [4.78, 5) is 52.0. The number of rotatable bonds is 20. The van der Waals surface area contributed by atoms with Crippen molar-refractivity contribution in [2.75, 3.05) is 12.4 Å². The molecule has 1 amide bonds. The minimum absolute atomic E-state index is 0.0368. The number of carbonyl (C=O) groups is 3. The zero-order chi connectivity index (χ0) is 28.1. The molecule has 0 aliphatic rings. The third kappa shape index (κ3) is 18.3. The summed E-state index contributed by atoms with van der Waals surface area (Å²) in [6.45, 7) is 7.83. The molecule has 0 aliphatic carbocycles. The van der Waals surface area contributed by atoms with Gasteiger partial charge in [-0.1, -0.05) is 81.9 Å². The quantitative estimate of drug-likeness (QED) is 0.0492. The maximum Gasteiger partial charge on any atom is 0.334 e. The van der Waals surface area contributed by atoms with E-state index in [1.165, 1.54) is 59.3 Å². The van der Waals surface area contributed by atoms with Gasteiger partial charge in [0.05, 0.1) is 5.41 Å². The first-order valence-corrected chi connectivity index (χ1v) is 13.9. The SMILES string of the molecule is C/C=C/C=C(/C=C/CCCCCCCCCC)OC(=O)C(CSC(C)=O)NC(=O)C(C)(C)CO[N+](=O)[O-]. The first-order chi connectivity index (χ1) is 17.5. The molecule has 0 saturated heterocycles. The largest absolute Gasteiger partial charge is 0.425 e. The molecule has 10 heteroatoms. The third-order valence-corrected chi connectivity index (χ3v) is 6.27. The summed E-state index contributed by atoms with van der Waals surface area (Å²) in [5.74, 6) is -1.10. The number of esters is 1. The van der Waals surface area contributed by atoms with Crippen LogP contribution in [-0.2, 0) is 24.0 Å². The number of unbranched alkanes of at least 4 members (excludes halogenated alkanes) is 8. The molecule has 0 aromatic carbocycles. The molecular formula is C27H44N2O7S. The molecule has 9 nitrogen and oxygen atoms in total. The number of nitrogens with zero attached hydrogens (tertiary/aromatic N) is 1. The molecule has 37 heavy (non-hydrogen) atoms. The molecule has 0 aromatic rings. The fraction of sp³-hybridized carbons (Fsp3) is 0.667. The number of ether oxygens (including phenoxy) is 1. The van der Waals surface area contributed by atoms with Gasteiger partial charge in [0, 0.05) is 12.7 Å². The molecule has 0 heterocycles. The van der Waals surface area contributed by atoms with Crippen LogP contribution in [0.1, 0.15) is 92.4 Å². The Morgan fingerprint density at radius 1 is 1.08 bits per heavy atom. The molecule has 1 unspecified atom stereocenters. The zero-order valence-electron chi connectivity index (χ0n) is 23.0. The summed E-state index contributed by atoms with van der Waals surface area (Å²) >= 11 is 0.873. The first kappa shape index (κ1) is 34.4. The second-order valence-electron chi connectivity index (χ2n) is 9.39. The number of nitrogens with one attached hydrogen (secondary N) is 1. The van der Waals surface area contributed by atoms with Crippen LogP contribution in [-0.4, -0.2) is 40.5 Å². The number of thioether (sulfide) groups is 1. The second-order valence-corrected chi connectivity index (χ2v) is 10.6. The maximum absolute atomic E-state index is 12.9. The highest BCUT2D eigenvalue weighted by Crippen LogP contribution is 2.18. The molecule has 1 N–H and O–H groups in total. The Hall–Kier alpha value is -2.62. The van der Waals surface area contributed by atoms with Crippen molar-refractivity contribution in [1.29, 1.82) is 0 Å². The topological polar surface area (TPSA) is 125 Å². The van der Waals surface area contributed by atoms with E-state index in [0.29, 0.717) is 5.76 Å². The smallest absolute Gasteiger partial charge is 0.334 e. The van der Waals surface area contributed by atoms with Gasteiger partial charge in [-0.3, -0.25) is 9.59 Å². The van der Waals surface area contributed by atoms with E-state index in [9.17, 15) is 24.5 Å². The number of carbonyl (C=O) groups excluding carboxylic acids is 3. The summed E-state index contributed by atoms with van der Waals surface area (Å²) in [5, 5.41) is 11.9. The molecule has 0 saturated carbocycles. The molecule has 0 aliphatic heterocycles. The van der Waals surface area contributed by atoms with Crippen LogP contribution >= 0.6 is 11.8 Å². The predicted molar refractivity (Wildman–Crippen MR) is 147 cm³/mol. The highest BCUT2D eigenvalue weighted by Gasteiger charge is 2.33. The highest BCUT2D eigenvalue weighted by molar-refractivity contribution is 8.13. The Labute approximate surface area is 225 Å². The lowest BCUT2D eigenvalue weighted by Gasteiger charge is -2.25. The summed E-state index contributed by atoms with van der Waals surface area (Å²) in [6, 6.07) is -1.13. The van der Waals surface area contributed by atoms with Crippen molar-refractivity contribution >= 4 is 28.8 Å². The van der Waals surface area contributed by atoms with E-state index in [1.807, 2.05) is 13.0 Å². The van der Waals surface area contributed by atoms with Gasteiger partial charge in [-0.25, -0.2) is 4.79 Å². The van der Waals surface area contributed by atoms with Crippen LogP contribution in [0.4, 0.5) is 0 Å². The molecule has 210 valence electrons. The average molecular weight is 541 g/mol. The van der Waals surface area contributed by atoms with Crippen molar-refractivity contribution in [2.24, 2.45) is 5.41 Å². The van der Waals surface area contributed by atoms with Gasteiger partial charge in [0.25, 0.3) is 5.09 Å². The second kappa shape index (κ2) is 20.4. The van der Waals surface area contributed by atoms with Crippen LogP contribution in [0.25, 0.3) is 0 Å². The third-order valence-electron chi connectivity index (χ3n) is 5.37. The van der Waals surface area contributed by atoms with E-state index in [0.717, 1.165) is 31.0 Å². The Bertz CT molecular complexity index is 807. The lowest BCUT2D eigenvalue weighted by atomic mass is 9.93. The van der Waals surface area contributed by atoms with E-state index < -0.39 is 35.0 Å².